The first-order valence-corrected chi connectivity index (χ1v) is 8.03. The predicted octanol–water partition coefficient (Wildman–Crippen LogP) is 5.21. The zero-order chi connectivity index (χ0) is 14.9. The lowest BCUT2D eigenvalue weighted by Crippen LogP contribution is -1.96. The van der Waals surface area contributed by atoms with Gasteiger partial charge in [-0.05, 0) is 54.9 Å². The fraction of sp³-hybridized carbons (Fsp3) is 0.400. The Hall–Kier alpha value is -1.76. The molecule has 0 amide bonds. The van der Waals surface area contributed by atoms with Crippen LogP contribution in [0.25, 0.3) is 0 Å². The lowest BCUT2D eigenvalue weighted by atomic mass is 9.99. The van der Waals surface area contributed by atoms with E-state index in [2.05, 4.69) is 55.5 Å². The van der Waals surface area contributed by atoms with Crippen molar-refractivity contribution in [1.82, 2.24) is 0 Å². The molecule has 0 fully saturated rings. The summed E-state index contributed by atoms with van der Waals surface area (Å²) in [5.41, 5.74) is 4.20. The predicted molar refractivity (Wildman–Crippen MR) is 90.1 cm³/mol. The molecule has 0 saturated carbocycles. The van der Waals surface area contributed by atoms with Gasteiger partial charge < -0.3 is 4.74 Å². The number of ether oxygens (including phenoxy) is 1. The van der Waals surface area contributed by atoms with Gasteiger partial charge in [0, 0.05) is 0 Å². The first-order valence-electron chi connectivity index (χ1n) is 8.03. The smallest absolute Gasteiger partial charge is 0.122 e. The Morgan fingerprint density at radius 3 is 2.29 bits per heavy atom. The standard InChI is InChI=1S/C20H26O/c1-3-4-9-18-14-15-20(21-2)19(16-18)13-8-12-17-10-6-5-7-11-17/h5-7,10-11,14-16H,3-4,8-9,12-13H2,1-2H3. The van der Waals surface area contributed by atoms with Crippen molar-refractivity contribution in [3.8, 4) is 5.75 Å². The average molecular weight is 282 g/mol. The van der Waals surface area contributed by atoms with Gasteiger partial charge in [-0.15, -0.1) is 0 Å². The number of methoxy groups -OCH3 is 1. The van der Waals surface area contributed by atoms with Crippen LogP contribution in [0.1, 0.15) is 42.9 Å². The molecule has 0 heterocycles. The fourth-order valence-corrected chi connectivity index (χ4v) is 2.69. The van der Waals surface area contributed by atoms with Gasteiger partial charge in [0.05, 0.1) is 7.11 Å². The zero-order valence-corrected chi connectivity index (χ0v) is 13.3. The summed E-state index contributed by atoms with van der Waals surface area (Å²) < 4.78 is 5.51. The van der Waals surface area contributed by atoms with Gasteiger partial charge in [-0.3, -0.25) is 0 Å². The maximum Gasteiger partial charge on any atom is 0.122 e. The molecule has 2 aromatic rings. The second-order valence-corrected chi connectivity index (χ2v) is 5.59. The molecule has 2 aromatic carbocycles. The molecule has 0 aromatic heterocycles. The summed E-state index contributed by atoms with van der Waals surface area (Å²) in [6.45, 7) is 2.24. The minimum Gasteiger partial charge on any atom is -0.496 e. The summed E-state index contributed by atoms with van der Waals surface area (Å²) in [5, 5.41) is 0. The summed E-state index contributed by atoms with van der Waals surface area (Å²) in [4.78, 5) is 0. The highest BCUT2D eigenvalue weighted by Crippen LogP contribution is 2.23. The van der Waals surface area contributed by atoms with E-state index in [1.807, 2.05) is 0 Å². The van der Waals surface area contributed by atoms with Gasteiger partial charge in [-0.1, -0.05) is 55.8 Å². The molecule has 112 valence electrons. The van der Waals surface area contributed by atoms with Gasteiger partial charge in [0.25, 0.3) is 0 Å². The molecule has 0 bridgehead atoms. The summed E-state index contributed by atoms with van der Waals surface area (Å²) in [7, 11) is 1.77. The molecule has 0 aliphatic heterocycles. The summed E-state index contributed by atoms with van der Waals surface area (Å²) in [5.74, 6) is 1.03. The molecule has 0 atom stereocenters. The van der Waals surface area contributed by atoms with Crippen LogP contribution in [0.4, 0.5) is 0 Å². The Morgan fingerprint density at radius 2 is 1.57 bits per heavy atom. The lowest BCUT2D eigenvalue weighted by molar-refractivity contribution is 0.409. The Bertz CT molecular complexity index is 531. The van der Waals surface area contributed by atoms with Crippen LogP contribution in [0.2, 0.25) is 0 Å². The van der Waals surface area contributed by atoms with Gasteiger partial charge >= 0.3 is 0 Å². The van der Waals surface area contributed by atoms with Crippen molar-refractivity contribution in [2.45, 2.75) is 45.4 Å². The molecule has 0 spiro atoms. The van der Waals surface area contributed by atoms with Crippen LogP contribution in [0, 0.1) is 0 Å². The molecular formula is C20H26O. The molecule has 0 aliphatic rings. The SMILES string of the molecule is CCCCc1ccc(OC)c(CCCc2ccccc2)c1. The Balaban J connectivity index is 1.96. The van der Waals surface area contributed by atoms with Crippen molar-refractivity contribution in [2.75, 3.05) is 7.11 Å². The quantitative estimate of drug-likeness (QED) is 0.645. The van der Waals surface area contributed by atoms with Crippen LogP contribution in [0.3, 0.4) is 0 Å². The maximum absolute atomic E-state index is 5.51. The van der Waals surface area contributed by atoms with Crippen LogP contribution in [-0.4, -0.2) is 7.11 Å². The molecule has 1 heteroatoms. The second kappa shape index (κ2) is 8.51. The molecule has 0 unspecified atom stereocenters. The number of hydrogen-bond acceptors (Lipinski definition) is 1. The third-order valence-corrected chi connectivity index (χ3v) is 3.92. The summed E-state index contributed by atoms with van der Waals surface area (Å²) >= 11 is 0. The normalized spacial score (nSPS) is 10.6. The van der Waals surface area contributed by atoms with Crippen molar-refractivity contribution in [3.63, 3.8) is 0 Å². The van der Waals surface area contributed by atoms with Crippen molar-refractivity contribution >= 4 is 0 Å². The molecule has 2 rings (SSSR count). The van der Waals surface area contributed by atoms with Gasteiger partial charge in [0.2, 0.25) is 0 Å². The monoisotopic (exact) mass is 282 g/mol. The molecule has 0 saturated heterocycles. The first-order chi connectivity index (χ1) is 10.3. The molecule has 21 heavy (non-hydrogen) atoms. The largest absolute Gasteiger partial charge is 0.496 e. The average Bonchev–Trinajstić information content (AvgIpc) is 2.54. The van der Waals surface area contributed by atoms with E-state index in [9.17, 15) is 0 Å². The van der Waals surface area contributed by atoms with Crippen LogP contribution >= 0.6 is 0 Å². The third-order valence-electron chi connectivity index (χ3n) is 3.92. The van der Waals surface area contributed by atoms with Gasteiger partial charge in [0.15, 0.2) is 0 Å². The van der Waals surface area contributed by atoms with E-state index >= 15 is 0 Å². The van der Waals surface area contributed by atoms with Gasteiger partial charge in [0.1, 0.15) is 5.75 Å². The maximum atomic E-state index is 5.51. The van der Waals surface area contributed by atoms with Crippen molar-refractivity contribution in [3.05, 3.63) is 65.2 Å². The second-order valence-electron chi connectivity index (χ2n) is 5.59. The van der Waals surface area contributed by atoms with E-state index in [1.54, 1.807) is 7.11 Å². The Kier molecular flexibility index (Phi) is 6.33. The van der Waals surface area contributed by atoms with Crippen molar-refractivity contribution in [2.24, 2.45) is 0 Å². The highest BCUT2D eigenvalue weighted by atomic mass is 16.5. The van der Waals surface area contributed by atoms with E-state index < -0.39 is 0 Å². The van der Waals surface area contributed by atoms with E-state index in [1.165, 1.54) is 36.0 Å². The molecule has 1 nitrogen and oxygen atoms in total. The number of hydrogen-bond donors (Lipinski definition) is 0. The van der Waals surface area contributed by atoms with E-state index in [0.29, 0.717) is 0 Å². The van der Waals surface area contributed by atoms with Crippen LogP contribution in [-0.2, 0) is 19.3 Å². The first kappa shape index (κ1) is 15.6. The highest BCUT2D eigenvalue weighted by molar-refractivity contribution is 5.37. The van der Waals surface area contributed by atoms with Crippen LogP contribution < -0.4 is 4.74 Å². The van der Waals surface area contributed by atoms with Crippen LogP contribution in [0.15, 0.2) is 48.5 Å². The minimum atomic E-state index is 1.03. The van der Waals surface area contributed by atoms with Crippen LogP contribution in [0.5, 0.6) is 5.75 Å². The Morgan fingerprint density at radius 1 is 0.810 bits per heavy atom. The molecule has 0 N–H and O–H groups in total. The topological polar surface area (TPSA) is 9.23 Å². The zero-order valence-electron chi connectivity index (χ0n) is 13.3. The fourth-order valence-electron chi connectivity index (χ4n) is 2.69. The minimum absolute atomic E-state index is 1.03. The lowest BCUT2D eigenvalue weighted by Gasteiger charge is -2.11. The number of aryl methyl sites for hydroxylation is 3. The van der Waals surface area contributed by atoms with Crippen molar-refractivity contribution < 1.29 is 4.74 Å². The molecule has 0 aliphatic carbocycles. The van der Waals surface area contributed by atoms with E-state index in [-0.39, 0.29) is 0 Å². The summed E-state index contributed by atoms with van der Waals surface area (Å²) in [6, 6.07) is 17.4. The van der Waals surface area contributed by atoms with Gasteiger partial charge in [-0.2, -0.15) is 0 Å². The van der Waals surface area contributed by atoms with E-state index in [4.69, 9.17) is 4.74 Å². The Labute approximate surface area is 129 Å². The summed E-state index contributed by atoms with van der Waals surface area (Å²) in [6.07, 6.45) is 7.05. The molecule has 0 radical (unpaired) electrons. The highest BCUT2D eigenvalue weighted by Gasteiger charge is 2.05. The molecular weight excluding hydrogens is 256 g/mol. The van der Waals surface area contributed by atoms with Gasteiger partial charge in [-0.25, -0.2) is 0 Å². The number of benzene rings is 2. The number of unbranched alkanes of at least 4 members (excludes halogenated alkanes) is 1. The van der Waals surface area contributed by atoms with Crippen molar-refractivity contribution in [1.29, 1.82) is 0 Å². The van der Waals surface area contributed by atoms with E-state index in [0.717, 1.165) is 25.0 Å². The number of rotatable bonds is 8. The third kappa shape index (κ3) is 4.93.